The van der Waals surface area contributed by atoms with Crippen molar-refractivity contribution in [3.8, 4) is 0 Å². The van der Waals surface area contributed by atoms with Gasteiger partial charge < -0.3 is 0 Å². The maximum absolute atomic E-state index is 2.45. The van der Waals surface area contributed by atoms with Crippen molar-refractivity contribution in [2.45, 2.75) is 51.1 Å². The van der Waals surface area contributed by atoms with Crippen LogP contribution in [0.3, 0.4) is 0 Å². The standard InChI is InChI=1S/C10H21P/c1-9-7-5-3-4-6-8-10(9)11-2/h9-11H,3-8H2,1-2H3. The first-order valence-electron chi connectivity index (χ1n) is 5.02. The summed E-state index contributed by atoms with van der Waals surface area (Å²) >= 11 is 0. The highest BCUT2D eigenvalue weighted by Crippen LogP contribution is 2.32. The Morgan fingerprint density at radius 2 is 1.64 bits per heavy atom. The van der Waals surface area contributed by atoms with Crippen LogP contribution in [0.2, 0.25) is 0 Å². The Balaban J connectivity index is 2.33. The van der Waals surface area contributed by atoms with Gasteiger partial charge >= 0.3 is 0 Å². The van der Waals surface area contributed by atoms with Crippen molar-refractivity contribution in [1.29, 1.82) is 0 Å². The Morgan fingerprint density at radius 3 is 2.27 bits per heavy atom. The SMILES string of the molecule is CPC1CCCCCCC1C. The predicted molar refractivity (Wildman–Crippen MR) is 54.9 cm³/mol. The molecule has 1 rings (SSSR count). The van der Waals surface area contributed by atoms with Gasteiger partial charge in [-0.15, -0.1) is 8.58 Å². The maximum Gasteiger partial charge on any atom is -0.0213 e. The van der Waals surface area contributed by atoms with Gasteiger partial charge in [-0.2, -0.15) is 0 Å². The average Bonchev–Trinajstić information content (AvgIpc) is 1.98. The Labute approximate surface area is 72.9 Å². The second-order valence-corrected chi connectivity index (χ2v) is 5.18. The summed E-state index contributed by atoms with van der Waals surface area (Å²) < 4.78 is 0. The lowest BCUT2D eigenvalue weighted by Gasteiger charge is -2.24. The molecule has 0 aliphatic heterocycles. The van der Waals surface area contributed by atoms with Crippen LogP contribution < -0.4 is 0 Å². The van der Waals surface area contributed by atoms with Crippen molar-refractivity contribution in [3.63, 3.8) is 0 Å². The van der Waals surface area contributed by atoms with E-state index >= 15 is 0 Å². The van der Waals surface area contributed by atoms with Crippen LogP contribution in [0.25, 0.3) is 0 Å². The second-order valence-electron chi connectivity index (χ2n) is 3.86. The molecule has 0 aromatic carbocycles. The van der Waals surface area contributed by atoms with Gasteiger partial charge in [0.15, 0.2) is 0 Å². The summed E-state index contributed by atoms with van der Waals surface area (Å²) in [6.45, 7) is 4.83. The number of rotatable bonds is 1. The van der Waals surface area contributed by atoms with E-state index in [-0.39, 0.29) is 0 Å². The predicted octanol–water partition coefficient (Wildman–Crippen LogP) is 3.65. The number of hydrogen-bond acceptors (Lipinski definition) is 0. The molecule has 0 amide bonds. The fourth-order valence-corrected chi connectivity index (χ4v) is 3.33. The van der Waals surface area contributed by atoms with Crippen molar-refractivity contribution in [2.24, 2.45) is 5.92 Å². The van der Waals surface area contributed by atoms with Gasteiger partial charge in [-0.3, -0.25) is 0 Å². The average molecular weight is 172 g/mol. The molecule has 3 atom stereocenters. The summed E-state index contributed by atoms with van der Waals surface area (Å²) in [6.07, 6.45) is 8.97. The summed E-state index contributed by atoms with van der Waals surface area (Å²) in [5.74, 6) is 1.01. The lowest BCUT2D eigenvalue weighted by Crippen LogP contribution is -2.14. The first-order chi connectivity index (χ1) is 5.34. The highest BCUT2D eigenvalue weighted by atomic mass is 31.1. The molecule has 0 aromatic heterocycles. The zero-order chi connectivity index (χ0) is 8.10. The summed E-state index contributed by atoms with van der Waals surface area (Å²) in [5.41, 5.74) is 1.07. The van der Waals surface area contributed by atoms with Crippen molar-refractivity contribution in [2.75, 3.05) is 6.66 Å². The molecule has 11 heavy (non-hydrogen) atoms. The van der Waals surface area contributed by atoms with Gasteiger partial charge in [-0.25, -0.2) is 0 Å². The molecular weight excluding hydrogens is 151 g/mol. The minimum atomic E-state index is 1.01. The normalized spacial score (nSPS) is 35.5. The van der Waals surface area contributed by atoms with Crippen LogP contribution >= 0.6 is 8.58 Å². The number of hydrogen-bond donors (Lipinski definition) is 0. The van der Waals surface area contributed by atoms with Gasteiger partial charge in [0, 0.05) is 0 Å². The fraction of sp³-hybridized carbons (Fsp3) is 1.00. The van der Waals surface area contributed by atoms with E-state index in [9.17, 15) is 0 Å². The largest absolute Gasteiger partial charge is 0.122 e. The van der Waals surface area contributed by atoms with E-state index in [4.69, 9.17) is 0 Å². The molecule has 0 nitrogen and oxygen atoms in total. The quantitative estimate of drug-likeness (QED) is 0.529. The second kappa shape index (κ2) is 5.14. The van der Waals surface area contributed by atoms with Gasteiger partial charge in [0.1, 0.15) is 0 Å². The van der Waals surface area contributed by atoms with Gasteiger partial charge in [-0.1, -0.05) is 39.0 Å². The zero-order valence-corrected chi connectivity index (χ0v) is 8.90. The Bertz CT molecular complexity index is 101. The van der Waals surface area contributed by atoms with Crippen molar-refractivity contribution >= 4 is 8.58 Å². The van der Waals surface area contributed by atoms with E-state index in [1.807, 2.05) is 0 Å². The molecule has 0 saturated heterocycles. The molecule has 1 heteroatoms. The Hall–Kier alpha value is 0.430. The molecule has 66 valence electrons. The van der Waals surface area contributed by atoms with Gasteiger partial charge in [-0.05, 0) is 24.7 Å². The summed E-state index contributed by atoms with van der Waals surface area (Å²) in [4.78, 5) is 0. The molecule has 1 fully saturated rings. The monoisotopic (exact) mass is 172 g/mol. The van der Waals surface area contributed by atoms with E-state index in [0.29, 0.717) is 0 Å². The zero-order valence-electron chi connectivity index (χ0n) is 7.90. The molecule has 1 aliphatic rings. The fourth-order valence-electron chi connectivity index (χ4n) is 2.10. The Morgan fingerprint density at radius 1 is 1.00 bits per heavy atom. The molecular formula is C10H21P. The van der Waals surface area contributed by atoms with Crippen LogP contribution in [0.5, 0.6) is 0 Å². The van der Waals surface area contributed by atoms with E-state index in [1.54, 1.807) is 0 Å². The summed E-state index contributed by atoms with van der Waals surface area (Å²) in [5, 5.41) is 0. The van der Waals surface area contributed by atoms with Crippen molar-refractivity contribution < 1.29 is 0 Å². The highest BCUT2D eigenvalue weighted by Gasteiger charge is 2.16. The van der Waals surface area contributed by atoms with E-state index in [0.717, 1.165) is 11.6 Å². The van der Waals surface area contributed by atoms with Crippen LogP contribution in [0.15, 0.2) is 0 Å². The minimum absolute atomic E-state index is 1.01. The molecule has 0 heterocycles. The lowest BCUT2D eigenvalue weighted by molar-refractivity contribution is 0.413. The van der Waals surface area contributed by atoms with Crippen LogP contribution in [0.4, 0.5) is 0 Å². The third-order valence-electron chi connectivity index (χ3n) is 2.98. The summed E-state index contributed by atoms with van der Waals surface area (Å²) in [7, 11) is 1.18. The molecule has 1 aliphatic carbocycles. The molecule has 0 aromatic rings. The smallest absolute Gasteiger partial charge is 0.0213 e. The van der Waals surface area contributed by atoms with E-state index in [1.165, 1.54) is 47.1 Å². The third kappa shape index (κ3) is 3.11. The van der Waals surface area contributed by atoms with Crippen LogP contribution in [-0.4, -0.2) is 12.3 Å². The molecule has 1 saturated carbocycles. The van der Waals surface area contributed by atoms with E-state index < -0.39 is 0 Å². The first kappa shape index (κ1) is 9.52. The van der Waals surface area contributed by atoms with Gasteiger partial charge in [0.2, 0.25) is 0 Å². The van der Waals surface area contributed by atoms with Crippen LogP contribution in [0, 0.1) is 5.92 Å². The summed E-state index contributed by atoms with van der Waals surface area (Å²) in [6, 6.07) is 0. The lowest BCUT2D eigenvalue weighted by atomic mass is 9.92. The minimum Gasteiger partial charge on any atom is -0.122 e. The highest BCUT2D eigenvalue weighted by molar-refractivity contribution is 7.37. The Kier molecular flexibility index (Phi) is 4.45. The van der Waals surface area contributed by atoms with Gasteiger partial charge in [0.05, 0.1) is 0 Å². The molecule has 0 N–H and O–H groups in total. The van der Waals surface area contributed by atoms with E-state index in [2.05, 4.69) is 13.6 Å². The maximum atomic E-state index is 2.45. The third-order valence-corrected chi connectivity index (χ3v) is 4.58. The molecule has 0 bridgehead atoms. The van der Waals surface area contributed by atoms with Crippen molar-refractivity contribution in [1.82, 2.24) is 0 Å². The molecule has 0 radical (unpaired) electrons. The van der Waals surface area contributed by atoms with Crippen LogP contribution in [0.1, 0.15) is 45.4 Å². The van der Waals surface area contributed by atoms with Gasteiger partial charge in [0.25, 0.3) is 0 Å². The molecule has 0 spiro atoms. The van der Waals surface area contributed by atoms with Crippen molar-refractivity contribution in [3.05, 3.63) is 0 Å². The van der Waals surface area contributed by atoms with Crippen LogP contribution in [-0.2, 0) is 0 Å². The first-order valence-corrected chi connectivity index (χ1v) is 6.59. The molecule has 3 unspecified atom stereocenters. The topological polar surface area (TPSA) is 0 Å².